The summed E-state index contributed by atoms with van der Waals surface area (Å²) >= 11 is 0. The minimum absolute atomic E-state index is 0.0316. The van der Waals surface area contributed by atoms with E-state index < -0.39 is 0 Å². The lowest BCUT2D eigenvalue weighted by atomic mass is 9.87. The van der Waals surface area contributed by atoms with Crippen molar-refractivity contribution in [2.45, 2.75) is 26.2 Å². The first kappa shape index (κ1) is 23.2. The smallest absolute Gasteiger partial charge is 0.262 e. The number of nitrogens with zero attached hydrogens (tertiary/aromatic N) is 2. The number of carbonyl (C=O) groups excluding carboxylic acids is 3. The van der Waals surface area contributed by atoms with E-state index in [-0.39, 0.29) is 36.2 Å². The molecule has 6 heteroatoms. The number of rotatable bonds is 6. The van der Waals surface area contributed by atoms with Gasteiger partial charge in [-0.3, -0.25) is 19.3 Å². The topological polar surface area (TPSA) is 66.9 Å². The third-order valence-corrected chi connectivity index (χ3v) is 6.05. The molecule has 34 heavy (non-hydrogen) atoms. The number of hydrogen-bond donors (Lipinski definition) is 0. The van der Waals surface area contributed by atoms with E-state index >= 15 is 0 Å². The third kappa shape index (κ3) is 4.31. The molecule has 174 valence electrons. The highest BCUT2D eigenvalue weighted by Gasteiger charge is 2.35. The Morgan fingerprint density at radius 3 is 1.97 bits per heavy atom. The van der Waals surface area contributed by atoms with Gasteiger partial charge in [0.1, 0.15) is 5.75 Å². The lowest BCUT2D eigenvalue weighted by molar-refractivity contribution is 0.0654. The number of methoxy groups -OCH3 is 1. The second-order valence-electron chi connectivity index (χ2n) is 9.26. The predicted octanol–water partition coefficient (Wildman–Crippen LogP) is 4.94. The molecular weight excluding hydrogens is 428 g/mol. The fourth-order valence-corrected chi connectivity index (χ4v) is 4.10. The summed E-state index contributed by atoms with van der Waals surface area (Å²) in [6.45, 7) is 6.61. The largest absolute Gasteiger partial charge is 0.496 e. The Kier molecular flexibility index (Phi) is 6.24. The molecule has 0 unspecified atom stereocenters. The summed E-state index contributed by atoms with van der Waals surface area (Å²) in [5.41, 5.74) is 2.99. The van der Waals surface area contributed by atoms with E-state index in [1.807, 2.05) is 24.3 Å². The van der Waals surface area contributed by atoms with E-state index in [1.165, 1.54) is 12.0 Å². The van der Waals surface area contributed by atoms with Crippen LogP contribution in [0.2, 0.25) is 0 Å². The summed E-state index contributed by atoms with van der Waals surface area (Å²) in [5.74, 6) is -0.483. The Morgan fingerprint density at radius 1 is 0.853 bits per heavy atom. The first-order valence-electron chi connectivity index (χ1n) is 11.2. The number of amides is 3. The van der Waals surface area contributed by atoms with Crippen molar-refractivity contribution in [3.05, 3.63) is 95.1 Å². The molecule has 0 fully saturated rings. The summed E-state index contributed by atoms with van der Waals surface area (Å²) in [5, 5.41) is 0. The van der Waals surface area contributed by atoms with E-state index in [1.54, 1.807) is 53.4 Å². The average Bonchev–Trinajstić information content (AvgIpc) is 3.08. The molecule has 1 aliphatic heterocycles. The molecular formula is C28H28N2O4. The normalized spacial score (nSPS) is 13.1. The minimum Gasteiger partial charge on any atom is -0.496 e. The average molecular weight is 457 g/mol. The third-order valence-electron chi connectivity index (χ3n) is 6.05. The second-order valence-corrected chi connectivity index (χ2v) is 9.26. The molecule has 0 saturated carbocycles. The Labute approximate surface area is 199 Å². The van der Waals surface area contributed by atoms with Crippen molar-refractivity contribution in [3.8, 4) is 5.75 Å². The van der Waals surface area contributed by atoms with Gasteiger partial charge in [0.25, 0.3) is 17.7 Å². The summed E-state index contributed by atoms with van der Waals surface area (Å²) < 4.78 is 5.40. The van der Waals surface area contributed by atoms with Crippen molar-refractivity contribution in [1.29, 1.82) is 0 Å². The molecule has 0 aromatic heterocycles. The highest BCUT2D eigenvalue weighted by atomic mass is 16.5. The van der Waals surface area contributed by atoms with Gasteiger partial charge in [0, 0.05) is 18.8 Å². The summed E-state index contributed by atoms with van der Waals surface area (Å²) in [7, 11) is 1.52. The Bertz CT molecular complexity index is 1210. The van der Waals surface area contributed by atoms with E-state index in [4.69, 9.17) is 4.74 Å². The van der Waals surface area contributed by atoms with Crippen LogP contribution in [0.3, 0.4) is 0 Å². The molecule has 0 radical (unpaired) electrons. The van der Waals surface area contributed by atoms with Crippen molar-refractivity contribution in [2.24, 2.45) is 0 Å². The van der Waals surface area contributed by atoms with Gasteiger partial charge in [0.05, 0.1) is 23.8 Å². The maximum absolute atomic E-state index is 13.7. The molecule has 4 rings (SSSR count). The molecule has 1 heterocycles. The number of ether oxygens (including phenoxy) is 1. The van der Waals surface area contributed by atoms with Crippen molar-refractivity contribution < 1.29 is 19.1 Å². The minimum atomic E-state index is -0.339. The Balaban J connectivity index is 1.65. The monoisotopic (exact) mass is 456 g/mol. The fraction of sp³-hybridized carbons (Fsp3) is 0.250. The molecule has 3 aromatic rings. The van der Waals surface area contributed by atoms with E-state index in [2.05, 4.69) is 20.8 Å². The molecule has 3 amide bonds. The van der Waals surface area contributed by atoms with Gasteiger partial charge in [0.2, 0.25) is 0 Å². The number of benzene rings is 3. The van der Waals surface area contributed by atoms with E-state index in [9.17, 15) is 14.4 Å². The summed E-state index contributed by atoms with van der Waals surface area (Å²) in [6, 6.07) is 21.6. The van der Waals surface area contributed by atoms with Crippen LogP contribution in [0.4, 0.5) is 5.69 Å². The second kappa shape index (κ2) is 9.14. The number of fused-ring (bicyclic) bond motifs is 1. The van der Waals surface area contributed by atoms with Crippen LogP contribution in [0.15, 0.2) is 72.8 Å². The predicted molar refractivity (Wildman–Crippen MR) is 132 cm³/mol. The van der Waals surface area contributed by atoms with Gasteiger partial charge in [-0.15, -0.1) is 0 Å². The van der Waals surface area contributed by atoms with Crippen LogP contribution in [0, 0.1) is 0 Å². The molecule has 0 bridgehead atoms. The number of carbonyl (C=O) groups is 3. The maximum atomic E-state index is 13.7. The van der Waals surface area contributed by atoms with Gasteiger partial charge in [-0.05, 0) is 47.4 Å². The summed E-state index contributed by atoms with van der Waals surface area (Å²) in [6.07, 6.45) is 0. The van der Waals surface area contributed by atoms with Crippen LogP contribution in [0.5, 0.6) is 5.75 Å². The molecule has 0 saturated heterocycles. The standard InChI is InChI=1S/C28H28N2O4/c1-28(2,3)19-13-15-20(16-14-19)29(27(33)23-11-7-8-12-24(23)34-4)17-18-30-25(31)21-9-5-6-10-22(21)26(30)32/h5-16H,17-18H2,1-4H3. The van der Waals surface area contributed by atoms with Crippen molar-refractivity contribution in [3.63, 3.8) is 0 Å². The van der Waals surface area contributed by atoms with Crippen LogP contribution in [0.1, 0.15) is 57.4 Å². The van der Waals surface area contributed by atoms with Gasteiger partial charge in [-0.2, -0.15) is 0 Å². The molecule has 0 spiro atoms. The zero-order valence-corrected chi connectivity index (χ0v) is 19.9. The first-order valence-corrected chi connectivity index (χ1v) is 11.2. The molecule has 1 aliphatic rings. The number of anilines is 1. The molecule has 6 nitrogen and oxygen atoms in total. The van der Waals surface area contributed by atoms with E-state index in [0.29, 0.717) is 28.1 Å². The van der Waals surface area contributed by atoms with E-state index in [0.717, 1.165) is 5.56 Å². The molecule has 0 aliphatic carbocycles. The van der Waals surface area contributed by atoms with Crippen LogP contribution >= 0.6 is 0 Å². The molecule has 0 N–H and O–H groups in total. The zero-order chi connectivity index (χ0) is 24.5. The molecule has 0 atom stereocenters. The quantitative estimate of drug-likeness (QED) is 0.493. The van der Waals surface area contributed by atoms with Gasteiger partial charge in [-0.1, -0.05) is 57.2 Å². The lowest BCUT2D eigenvalue weighted by Gasteiger charge is -2.27. The van der Waals surface area contributed by atoms with Crippen molar-refractivity contribution in [1.82, 2.24) is 4.90 Å². The van der Waals surface area contributed by atoms with Crippen LogP contribution in [0.25, 0.3) is 0 Å². The first-order chi connectivity index (χ1) is 16.2. The lowest BCUT2D eigenvalue weighted by Crippen LogP contribution is -2.41. The van der Waals surface area contributed by atoms with Gasteiger partial charge < -0.3 is 9.64 Å². The van der Waals surface area contributed by atoms with Crippen LogP contribution < -0.4 is 9.64 Å². The Morgan fingerprint density at radius 2 is 1.41 bits per heavy atom. The van der Waals surface area contributed by atoms with Crippen molar-refractivity contribution in [2.75, 3.05) is 25.1 Å². The van der Waals surface area contributed by atoms with Gasteiger partial charge in [-0.25, -0.2) is 0 Å². The maximum Gasteiger partial charge on any atom is 0.262 e. The summed E-state index contributed by atoms with van der Waals surface area (Å²) in [4.78, 5) is 42.1. The zero-order valence-electron chi connectivity index (χ0n) is 19.9. The number of hydrogen-bond acceptors (Lipinski definition) is 4. The highest BCUT2D eigenvalue weighted by molar-refractivity contribution is 6.21. The SMILES string of the molecule is COc1ccccc1C(=O)N(CCN1C(=O)c2ccccc2C1=O)c1ccc(C(C)(C)C)cc1. The van der Waals surface area contributed by atoms with Crippen LogP contribution in [-0.4, -0.2) is 42.8 Å². The number of imide groups is 1. The van der Waals surface area contributed by atoms with Gasteiger partial charge >= 0.3 is 0 Å². The highest BCUT2D eigenvalue weighted by Crippen LogP contribution is 2.28. The Hall–Kier alpha value is -3.93. The molecule has 3 aromatic carbocycles. The van der Waals surface area contributed by atoms with Crippen LogP contribution in [-0.2, 0) is 5.41 Å². The fourth-order valence-electron chi connectivity index (χ4n) is 4.10. The van der Waals surface area contributed by atoms with Crippen molar-refractivity contribution >= 4 is 23.4 Å². The number of para-hydroxylation sites is 1. The van der Waals surface area contributed by atoms with Gasteiger partial charge in [0.15, 0.2) is 0 Å².